The third kappa shape index (κ3) is 25.5. The number of nitrogens with one attached hydrogen (secondary N) is 1. The van der Waals surface area contributed by atoms with E-state index in [-0.39, 0.29) is 0 Å². The van der Waals surface area contributed by atoms with Crippen molar-refractivity contribution >= 4 is 5.91 Å². The van der Waals surface area contributed by atoms with E-state index in [1.807, 2.05) is 0 Å². The van der Waals surface area contributed by atoms with Gasteiger partial charge in [0.1, 0.15) is 12.2 Å². The van der Waals surface area contributed by atoms with Crippen LogP contribution in [0.3, 0.4) is 0 Å². The molecule has 0 bridgehead atoms. The van der Waals surface area contributed by atoms with E-state index in [0.717, 1.165) is 38.5 Å². The molecule has 0 saturated carbocycles. The van der Waals surface area contributed by atoms with Crippen molar-refractivity contribution in [2.75, 3.05) is 6.61 Å². The number of carbonyl (C=O) groups is 1. The Balaban J connectivity index is 3.81. The van der Waals surface area contributed by atoms with Crippen molar-refractivity contribution in [1.82, 2.24) is 5.32 Å². The largest absolute Gasteiger partial charge is 0.394 e. The van der Waals surface area contributed by atoms with Gasteiger partial charge in [0.15, 0.2) is 0 Å². The van der Waals surface area contributed by atoms with Gasteiger partial charge in [0.25, 0.3) is 0 Å². The summed E-state index contributed by atoms with van der Waals surface area (Å²) in [6, 6.07) is -0.976. The summed E-state index contributed by atoms with van der Waals surface area (Å²) in [5.41, 5.74) is 0. The SMILES string of the molecule is CCCCCCCCCCCCCCCCC(O)C(O)C(CO)NC(=O)C(O)CCCCCCCCCCCCC. The Labute approximate surface area is 254 Å². The lowest BCUT2D eigenvalue weighted by atomic mass is 9.99. The first-order valence-corrected chi connectivity index (χ1v) is 17.9. The van der Waals surface area contributed by atoms with Crippen LogP contribution in [-0.2, 0) is 4.79 Å². The molecule has 41 heavy (non-hydrogen) atoms. The van der Waals surface area contributed by atoms with Crippen molar-refractivity contribution in [3.05, 3.63) is 0 Å². The fourth-order valence-electron chi connectivity index (χ4n) is 5.64. The normalized spacial score (nSPS) is 14.6. The minimum absolute atomic E-state index is 0.374. The maximum Gasteiger partial charge on any atom is 0.249 e. The van der Waals surface area contributed by atoms with E-state index in [1.54, 1.807) is 0 Å². The van der Waals surface area contributed by atoms with E-state index in [9.17, 15) is 25.2 Å². The molecule has 0 aromatic rings. The number of unbranched alkanes of at least 4 members (excludes halogenated alkanes) is 23. The van der Waals surface area contributed by atoms with Crippen LogP contribution in [-0.4, -0.2) is 57.3 Å². The van der Waals surface area contributed by atoms with Gasteiger partial charge in [0, 0.05) is 0 Å². The van der Waals surface area contributed by atoms with Crippen LogP contribution in [0.1, 0.15) is 187 Å². The predicted molar refractivity (Wildman–Crippen MR) is 173 cm³/mol. The summed E-state index contributed by atoms with van der Waals surface area (Å²) in [7, 11) is 0. The average Bonchev–Trinajstić information content (AvgIpc) is 2.98. The van der Waals surface area contributed by atoms with Gasteiger partial charge in [-0.15, -0.1) is 0 Å². The monoisotopic (exact) mass is 586 g/mol. The fraction of sp³-hybridized carbons (Fsp3) is 0.971. The van der Waals surface area contributed by atoms with Crippen LogP contribution in [0.4, 0.5) is 0 Å². The highest BCUT2D eigenvalue weighted by Gasteiger charge is 2.28. The van der Waals surface area contributed by atoms with Crippen LogP contribution in [0.5, 0.6) is 0 Å². The second-order valence-corrected chi connectivity index (χ2v) is 12.6. The lowest BCUT2D eigenvalue weighted by Crippen LogP contribution is -2.53. The first kappa shape index (κ1) is 40.3. The highest BCUT2D eigenvalue weighted by Crippen LogP contribution is 2.16. The molecule has 246 valence electrons. The Morgan fingerprint density at radius 2 is 0.829 bits per heavy atom. The summed E-state index contributed by atoms with van der Waals surface area (Å²) < 4.78 is 0. The van der Waals surface area contributed by atoms with Crippen molar-refractivity contribution in [2.24, 2.45) is 0 Å². The Hall–Kier alpha value is -0.690. The predicted octanol–water partition coefficient (Wildman–Crippen LogP) is 8.12. The molecule has 4 atom stereocenters. The summed E-state index contributed by atoms with van der Waals surface area (Å²) >= 11 is 0. The van der Waals surface area contributed by atoms with Gasteiger partial charge in [-0.25, -0.2) is 0 Å². The van der Waals surface area contributed by atoms with Crippen LogP contribution in [0.25, 0.3) is 0 Å². The van der Waals surface area contributed by atoms with E-state index in [2.05, 4.69) is 19.2 Å². The zero-order valence-corrected chi connectivity index (χ0v) is 27.3. The molecule has 1 amide bonds. The molecule has 6 nitrogen and oxygen atoms in total. The molecule has 0 saturated heterocycles. The second kappa shape index (κ2) is 30.8. The fourth-order valence-corrected chi connectivity index (χ4v) is 5.64. The van der Waals surface area contributed by atoms with Gasteiger partial charge in [0.2, 0.25) is 5.91 Å². The lowest BCUT2D eigenvalue weighted by molar-refractivity contribution is -0.132. The van der Waals surface area contributed by atoms with E-state index < -0.39 is 36.9 Å². The van der Waals surface area contributed by atoms with Gasteiger partial charge in [0.05, 0.1) is 18.8 Å². The third-order valence-electron chi connectivity index (χ3n) is 8.57. The van der Waals surface area contributed by atoms with E-state index in [4.69, 9.17) is 0 Å². The van der Waals surface area contributed by atoms with Gasteiger partial charge < -0.3 is 25.7 Å². The molecule has 0 heterocycles. The first-order chi connectivity index (χ1) is 20.0. The number of rotatable bonds is 32. The Morgan fingerprint density at radius 1 is 0.512 bits per heavy atom. The number of hydrogen-bond donors (Lipinski definition) is 5. The first-order valence-electron chi connectivity index (χ1n) is 17.9. The molecule has 0 spiro atoms. The molecule has 0 aliphatic carbocycles. The van der Waals surface area contributed by atoms with E-state index >= 15 is 0 Å². The number of aliphatic hydroxyl groups excluding tert-OH is 4. The quantitative estimate of drug-likeness (QED) is 0.0512. The van der Waals surface area contributed by atoms with Crippen LogP contribution in [0, 0.1) is 0 Å². The van der Waals surface area contributed by atoms with Crippen LogP contribution in [0.2, 0.25) is 0 Å². The molecule has 0 fully saturated rings. The molecule has 0 aromatic heterocycles. The Bertz CT molecular complexity index is 547. The summed E-state index contributed by atoms with van der Waals surface area (Å²) in [5.74, 6) is -0.584. The average molecular weight is 586 g/mol. The zero-order valence-electron chi connectivity index (χ0n) is 27.3. The van der Waals surface area contributed by atoms with Crippen molar-refractivity contribution in [1.29, 1.82) is 0 Å². The van der Waals surface area contributed by atoms with Crippen LogP contribution in [0.15, 0.2) is 0 Å². The summed E-state index contributed by atoms with van der Waals surface area (Å²) in [5, 5.41) is 43.3. The van der Waals surface area contributed by atoms with Crippen molar-refractivity contribution in [2.45, 2.75) is 212 Å². The minimum atomic E-state index is -1.25. The number of carbonyl (C=O) groups excluding carboxylic acids is 1. The number of aliphatic hydroxyl groups is 4. The zero-order chi connectivity index (χ0) is 30.4. The molecule has 6 heteroatoms. The van der Waals surface area contributed by atoms with Gasteiger partial charge in [-0.1, -0.05) is 174 Å². The van der Waals surface area contributed by atoms with Crippen molar-refractivity contribution in [3.8, 4) is 0 Å². The van der Waals surface area contributed by atoms with Crippen LogP contribution >= 0.6 is 0 Å². The van der Waals surface area contributed by atoms with Crippen LogP contribution < -0.4 is 5.32 Å². The highest BCUT2D eigenvalue weighted by atomic mass is 16.3. The lowest BCUT2D eigenvalue weighted by Gasteiger charge is -2.27. The maximum atomic E-state index is 12.4. The molecule has 0 radical (unpaired) electrons. The van der Waals surface area contributed by atoms with Gasteiger partial charge >= 0.3 is 0 Å². The maximum absolute atomic E-state index is 12.4. The standard InChI is InChI=1S/C35H71NO5/c1-3-5-7-9-11-13-15-16-17-19-20-22-24-26-28-32(38)34(40)31(30-37)36-35(41)33(39)29-27-25-23-21-18-14-12-10-8-6-4-2/h31-34,37-40H,3-30H2,1-2H3,(H,36,41). The van der Waals surface area contributed by atoms with E-state index in [0.29, 0.717) is 12.8 Å². The van der Waals surface area contributed by atoms with Gasteiger partial charge in [-0.2, -0.15) is 0 Å². The van der Waals surface area contributed by atoms with E-state index in [1.165, 1.54) is 122 Å². The molecular formula is C35H71NO5. The third-order valence-corrected chi connectivity index (χ3v) is 8.57. The van der Waals surface area contributed by atoms with Crippen molar-refractivity contribution < 1.29 is 25.2 Å². The molecule has 4 unspecified atom stereocenters. The second-order valence-electron chi connectivity index (χ2n) is 12.6. The summed E-state index contributed by atoms with van der Waals surface area (Å²) in [6.45, 7) is 4.02. The number of amides is 1. The summed E-state index contributed by atoms with van der Waals surface area (Å²) in [4.78, 5) is 12.4. The Morgan fingerprint density at radius 3 is 1.17 bits per heavy atom. The molecule has 0 aliphatic heterocycles. The highest BCUT2D eigenvalue weighted by molar-refractivity contribution is 5.80. The molecule has 5 N–H and O–H groups in total. The summed E-state index contributed by atoms with van der Waals surface area (Å²) in [6.07, 6.45) is 28.3. The van der Waals surface area contributed by atoms with Gasteiger partial charge in [-0.05, 0) is 12.8 Å². The minimum Gasteiger partial charge on any atom is -0.394 e. The van der Waals surface area contributed by atoms with Crippen molar-refractivity contribution in [3.63, 3.8) is 0 Å². The molecule has 0 aromatic carbocycles. The molecular weight excluding hydrogens is 514 g/mol. The smallest absolute Gasteiger partial charge is 0.249 e. The Kier molecular flexibility index (Phi) is 30.2. The molecule has 0 rings (SSSR count). The number of hydrogen-bond acceptors (Lipinski definition) is 5. The topological polar surface area (TPSA) is 110 Å². The molecule has 0 aliphatic rings. The van der Waals surface area contributed by atoms with Gasteiger partial charge in [-0.3, -0.25) is 4.79 Å².